The zero-order valence-corrected chi connectivity index (χ0v) is 18.6. The minimum atomic E-state index is -1.54. The minimum absolute atomic E-state index is 0.224. The molecule has 0 unspecified atom stereocenters. The Hall–Kier alpha value is -3.84. The van der Waals surface area contributed by atoms with Gasteiger partial charge in [-0.3, -0.25) is 9.69 Å². The summed E-state index contributed by atoms with van der Waals surface area (Å²) < 4.78 is 6.13. The topological polar surface area (TPSA) is 99.1 Å². The van der Waals surface area contributed by atoms with Crippen molar-refractivity contribution in [3.63, 3.8) is 0 Å². The van der Waals surface area contributed by atoms with E-state index in [1.165, 1.54) is 11.1 Å². The number of nitrogens with one attached hydrogen (secondary N) is 1. The van der Waals surface area contributed by atoms with Crippen molar-refractivity contribution >= 4 is 17.6 Å². The molecule has 0 radical (unpaired) electrons. The van der Waals surface area contributed by atoms with Crippen molar-refractivity contribution in [3.8, 4) is 17.2 Å². The molecule has 7 heteroatoms. The van der Waals surface area contributed by atoms with Gasteiger partial charge < -0.3 is 20.3 Å². The molecule has 3 N–H and O–H groups in total. The molecule has 7 nitrogen and oxygen atoms in total. The number of rotatable bonds is 5. The van der Waals surface area contributed by atoms with Crippen LogP contribution in [0, 0.1) is 13.8 Å². The molecule has 0 atom stereocenters. The van der Waals surface area contributed by atoms with Gasteiger partial charge in [0.15, 0.2) is 0 Å². The van der Waals surface area contributed by atoms with E-state index in [1.807, 2.05) is 19.9 Å². The summed E-state index contributed by atoms with van der Waals surface area (Å²) in [7, 11) is 0. The molecule has 170 valence electrons. The lowest BCUT2D eigenvalue weighted by molar-refractivity contribution is -0.147. The van der Waals surface area contributed by atoms with E-state index >= 15 is 0 Å². The molecular formula is C26H26N2O5. The molecule has 0 spiro atoms. The average Bonchev–Trinajstić information content (AvgIpc) is 2.78. The number of nitrogens with zero attached hydrogens (tertiary/aromatic N) is 1. The van der Waals surface area contributed by atoms with Crippen LogP contribution in [0.2, 0.25) is 0 Å². The van der Waals surface area contributed by atoms with E-state index < -0.39 is 11.9 Å². The number of aryl methyl sites for hydroxylation is 2. The zero-order chi connectivity index (χ0) is 23.5. The third kappa shape index (κ3) is 5.15. The van der Waals surface area contributed by atoms with E-state index in [-0.39, 0.29) is 5.75 Å². The Labute approximate surface area is 192 Å². The van der Waals surface area contributed by atoms with Crippen LogP contribution >= 0.6 is 0 Å². The molecule has 0 aromatic heterocycles. The molecule has 1 heterocycles. The van der Waals surface area contributed by atoms with Gasteiger partial charge in [-0.15, -0.1) is 0 Å². The van der Waals surface area contributed by atoms with Crippen molar-refractivity contribution in [1.29, 1.82) is 0 Å². The van der Waals surface area contributed by atoms with E-state index in [0.717, 1.165) is 36.2 Å². The number of amides is 1. The third-order valence-corrected chi connectivity index (χ3v) is 5.79. The number of hydrogen-bond acceptors (Lipinski definition) is 5. The number of carboxylic acid groups (broad SMARTS) is 1. The number of carbonyl (C=O) groups excluding carboxylic acids is 1. The molecule has 0 fully saturated rings. The number of anilines is 1. The van der Waals surface area contributed by atoms with Gasteiger partial charge in [0.05, 0.1) is 0 Å². The van der Waals surface area contributed by atoms with Crippen LogP contribution in [0.3, 0.4) is 0 Å². The molecule has 1 amide bonds. The predicted molar refractivity (Wildman–Crippen MR) is 125 cm³/mol. The summed E-state index contributed by atoms with van der Waals surface area (Å²) >= 11 is 0. The van der Waals surface area contributed by atoms with Crippen LogP contribution < -0.4 is 10.1 Å². The molecule has 3 aromatic carbocycles. The fraction of sp³-hybridized carbons (Fsp3) is 0.231. The number of carboxylic acids is 1. The number of phenolic OH excluding ortho intramolecular Hbond substituents is 1. The molecule has 1 aliphatic heterocycles. The van der Waals surface area contributed by atoms with Gasteiger partial charge in [0, 0.05) is 30.9 Å². The lowest BCUT2D eigenvalue weighted by Gasteiger charge is -2.29. The van der Waals surface area contributed by atoms with Crippen molar-refractivity contribution in [3.05, 3.63) is 82.4 Å². The maximum Gasteiger partial charge on any atom is 0.394 e. The molecule has 0 saturated carbocycles. The zero-order valence-electron chi connectivity index (χ0n) is 18.6. The Morgan fingerprint density at radius 2 is 1.73 bits per heavy atom. The first kappa shape index (κ1) is 22.4. The highest BCUT2D eigenvalue weighted by Gasteiger charge is 2.18. The number of fused-ring (bicyclic) bond motifs is 1. The molecule has 0 aliphatic carbocycles. The fourth-order valence-corrected chi connectivity index (χ4v) is 4.17. The molecule has 0 bridgehead atoms. The molecule has 4 rings (SSSR count). The van der Waals surface area contributed by atoms with Gasteiger partial charge in [0.1, 0.15) is 17.2 Å². The lowest BCUT2D eigenvalue weighted by Crippen LogP contribution is -2.30. The van der Waals surface area contributed by atoms with Crippen LogP contribution in [0.15, 0.2) is 54.6 Å². The second-order valence-corrected chi connectivity index (χ2v) is 8.32. The summed E-state index contributed by atoms with van der Waals surface area (Å²) in [5, 5.41) is 21.6. The van der Waals surface area contributed by atoms with Crippen LogP contribution in [0.5, 0.6) is 17.2 Å². The highest BCUT2D eigenvalue weighted by molar-refractivity contribution is 6.36. The predicted octanol–water partition coefficient (Wildman–Crippen LogP) is 4.38. The van der Waals surface area contributed by atoms with Gasteiger partial charge >= 0.3 is 11.9 Å². The number of carbonyl (C=O) groups is 2. The Kier molecular flexibility index (Phi) is 6.33. The quantitative estimate of drug-likeness (QED) is 0.503. The lowest BCUT2D eigenvalue weighted by atomic mass is 9.99. The van der Waals surface area contributed by atoms with Gasteiger partial charge in [-0.1, -0.05) is 24.3 Å². The van der Waals surface area contributed by atoms with Gasteiger partial charge in [-0.25, -0.2) is 4.79 Å². The number of phenols is 1. The maximum absolute atomic E-state index is 11.4. The van der Waals surface area contributed by atoms with Crippen LogP contribution in [-0.4, -0.2) is 33.5 Å². The van der Waals surface area contributed by atoms with E-state index in [0.29, 0.717) is 23.7 Å². The summed E-state index contributed by atoms with van der Waals surface area (Å²) in [6.45, 7) is 6.01. The number of benzene rings is 3. The highest BCUT2D eigenvalue weighted by atomic mass is 16.5. The Morgan fingerprint density at radius 1 is 1.03 bits per heavy atom. The second-order valence-electron chi connectivity index (χ2n) is 8.32. The molecule has 33 heavy (non-hydrogen) atoms. The van der Waals surface area contributed by atoms with Crippen molar-refractivity contribution in [2.75, 3.05) is 11.9 Å². The Bertz CT molecular complexity index is 1200. The fourth-order valence-electron chi connectivity index (χ4n) is 4.17. The van der Waals surface area contributed by atoms with E-state index in [2.05, 4.69) is 34.5 Å². The Morgan fingerprint density at radius 3 is 2.42 bits per heavy atom. The maximum atomic E-state index is 11.4. The molecule has 0 saturated heterocycles. The first-order chi connectivity index (χ1) is 15.8. The molecule has 3 aromatic rings. The smallest absolute Gasteiger partial charge is 0.394 e. The molecule has 1 aliphatic rings. The number of aliphatic carboxylic acids is 1. The monoisotopic (exact) mass is 446 g/mol. The average molecular weight is 447 g/mol. The van der Waals surface area contributed by atoms with Crippen molar-refractivity contribution in [1.82, 2.24) is 4.90 Å². The van der Waals surface area contributed by atoms with Crippen LogP contribution in [0.4, 0.5) is 5.69 Å². The van der Waals surface area contributed by atoms with E-state index in [4.69, 9.17) is 9.84 Å². The summed E-state index contributed by atoms with van der Waals surface area (Å²) in [4.78, 5) is 24.5. The SMILES string of the molecule is Cc1cc(NC(=O)C(=O)O)cc(C)c1Oc1ccc(O)c(CN2CCc3ccccc3C2)c1. The largest absolute Gasteiger partial charge is 0.508 e. The number of hydrogen-bond donors (Lipinski definition) is 3. The third-order valence-electron chi connectivity index (χ3n) is 5.79. The number of ether oxygens (including phenoxy) is 1. The first-order valence-corrected chi connectivity index (χ1v) is 10.7. The molecular weight excluding hydrogens is 420 g/mol. The summed E-state index contributed by atoms with van der Waals surface area (Å²) in [6, 6.07) is 16.9. The second kappa shape index (κ2) is 9.34. The highest BCUT2D eigenvalue weighted by Crippen LogP contribution is 2.34. The van der Waals surface area contributed by atoms with Crippen molar-refractivity contribution in [2.24, 2.45) is 0 Å². The summed E-state index contributed by atoms with van der Waals surface area (Å²) in [5.74, 6) is -1.20. The Balaban J connectivity index is 1.50. The minimum Gasteiger partial charge on any atom is -0.508 e. The van der Waals surface area contributed by atoms with Crippen molar-refractivity contribution in [2.45, 2.75) is 33.4 Å². The van der Waals surface area contributed by atoms with Crippen LogP contribution in [0.25, 0.3) is 0 Å². The van der Waals surface area contributed by atoms with Gasteiger partial charge in [-0.05, 0) is 72.9 Å². The normalized spacial score (nSPS) is 13.3. The van der Waals surface area contributed by atoms with Gasteiger partial charge in [0.2, 0.25) is 0 Å². The number of aromatic hydroxyl groups is 1. The van der Waals surface area contributed by atoms with Gasteiger partial charge in [0.25, 0.3) is 0 Å². The van der Waals surface area contributed by atoms with Crippen LogP contribution in [0.1, 0.15) is 27.8 Å². The standard InChI is InChI=1S/C26H26N2O5/c1-16-11-21(27-25(30)26(31)32)12-17(2)24(16)33-22-7-8-23(29)20(13-22)15-28-10-9-18-5-3-4-6-19(18)14-28/h3-8,11-13,29H,9-10,14-15H2,1-2H3,(H,27,30)(H,31,32). The van der Waals surface area contributed by atoms with E-state index in [1.54, 1.807) is 24.3 Å². The van der Waals surface area contributed by atoms with E-state index in [9.17, 15) is 14.7 Å². The first-order valence-electron chi connectivity index (χ1n) is 10.7. The van der Waals surface area contributed by atoms with Gasteiger partial charge in [-0.2, -0.15) is 0 Å². The summed E-state index contributed by atoms with van der Waals surface area (Å²) in [6.07, 6.45) is 0.982. The van der Waals surface area contributed by atoms with Crippen molar-refractivity contribution < 1.29 is 24.5 Å². The van der Waals surface area contributed by atoms with Crippen LogP contribution in [-0.2, 0) is 29.1 Å². The summed E-state index contributed by atoms with van der Waals surface area (Å²) in [5.41, 5.74) is 5.37.